The lowest BCUT2D eigenvalue weighted by atomic mass is 10.0. The van der Waals surface area contributed by atoms with E-state index in [-0.39, 0.29) is 17.8 Å². The zero-order valence-electron chi connectivity index (χ0n) is 13.7. The van der Waals surface area contributed by atoms with Gasteiger partial charge in [-0.05, 0) is 17.7 Å². The molecule has 6 heteroatoms. The topological polar surface area (TPSA) is 55.6 Å². The highest BCUT2D eigenvalue weighted by atomic mass is 19.1. The summed E-state index contributed by atoms with van der Waals surface area (Å²) in [5.74, 6) is -1.45. The van der Waals surface area contributed by atoms with E-state index in [1.807, 2.05) is 30.3 Å². The van der Waals surface area contributed by atoms with Crippen molar-refractivity contribution in [3.63, 3.8) is 0 Å². The Labute approximate surface area is 145 Å². The summed E-state index contributed by atoms with van der Waals surface area (Å²) in [6, 6.07) is 11.8. The SMILES string of the molecule is N[C@H](C(=O)N1CCC(Oc2ccc(F)cc2F)CC1)c1ccccc1. The molecule has 0 spiro atoms. The maximum atomic E-state index is 13.7. The van der Waals surface area contributed by atoms with Crippen molar-refractivity contribution in [3.05, 3.63) is 65.7 Å². The standard InChI is InChI=1S/C19H20F2N2O2/c20-14-6-7-17(16(21)12-14)25-15-8-10-23(11-9-15)19(24)18(22)13-4-2-1-3-5-13/h1-7,12,15,18H,8-11,22H2/t18-/m0/s1. The predicted molar refractivity (Wildman–Crippen MR) is 90.0 cm³/mol. The summed E-state index contributed by atoms with van der Waals surface area (Å²) in [7, 11) is 0. The zero-order valence-corrected chi connectivity index (χ0v) is 13.7. The van der Waals surface area contributed by atoms with E-state index >= 15 is 0 Å². The third-order valence-electron chi connectivity index (χ3n) is 4.37. The van der Waals surface area contributed by atoms with Crippen LogP contribution in [0.2, 0.25) is 0 Å². The third kappa shape index (κ3) is 4.14. The molecule has 0 bridgehead atoms. The van der Waals surface area contributed by atoms with Gasteiger partial charge in [0.05, 0.1) is 0 Å². The summed E-state index contributed by atoms with van der Waals surface area (Å²) in [6.45, 7) is 0.986. The predicted octanol–water partition coefficient (Wildman–Crippen LogP) is 3.03. The third-order valence-corrected chi connectivity index (χ3v) is 4.37. The van der Waals surface area contributed by atoms with E-state index in [1.54, 1.807) is 4.90 Å². The highest BCUT2D eigenvalue weighted by Gasteiger charge is 2.28. The number of likely N-dealkylation sites (tertiary alicyclic amines) is 1. The number of piperidine rings is 1. The van der Waals surface area contributed by atoms with Crippen LogP contribution in [-0.2, 0) is 4.79 Å². The van der Waals surface area contributed by atoms with Gasteiger partial charge in [-0.1, -0.05) is 30.3 Å². The molecule has 2 aromatic carbocycles. The normalized spacial score (nSPS) is 16.5. The van der Waals surface area contributed by atoms with E-state index in [4.69, 9.17) is 10.5 Å². The molecule has 1 heterocycles. The number of nitrogens with two attached hydrogens (primary N) is 1. The van der Waals surface area contributed by atoms with Gasteiger partial charge < -0.3 is 15.4 Å². The van der Waals surface area contributed by atoms with E-state index < -0.39 is 17.7 Å². The van der Waals surface area contributed by atoms with Gasteiger partial charge in [0.1, 0.15) is 18.0 Å². The number of halogens is 2. The molecule has 0 unspecified atom stereocenters. The Morgan fingerprint density at radius 2 is 1.80 bits per heavy atom. The maximum absolute atomic E-state index is 13.7. The first-order valence-corrected chi connectivity index (χ1v) is 8.25. The van der Waals surface area contributed by atoms with Crippen LogP contribution >= 0.6 is 0 Å². The van der Waals surface area contributed by atoms with Crippen LogP contribution in [0, 0.1) is 11.6 Å². The van der Waals surface area contributed by atoms with Crippen LogP contribution < -0.4 is 10.5 Å². The first kappa shape index (κ1) is 17.4. The molecule has 2 aromatic rings. The first-order valence-electron chi connectivity index (χ1n) is 8.25. The molecule has 0 radical (unpaired) electrons. The Hall–Kier alpha value is -2.47. The molecule has 2 N–H and O–H groups in total. The van der Waals surface area contributed by atoms with Gasteiger partial charge in [-0.15, -0.1) is 0 Å². The number of nitrogens with zero attached hydrogens (tertiary/aromatic N) is 1. The van der Waals surface area contributed by atoms with E-state index in [1.165, 1.54) is 6.07 Å². The summed E-state index contributed by atoms with van der Waals surface area (Å²) >= 11 is 0. The van der Waals surface area contributed by atoms with Crippen molar-refractivity contribution >= 4 is 5.91 Å². The molecule has 25 heavy (non-hydrogen) atoms. The molecule has 1 saturated heterocycles. The molecule has 0 aliphatic carbocycles. The van der Waals surface area contributed by atoms with E-state index in [0.717, 1.165) is 17.7 Å². The number of hydrogen-bond acceptors (Lipinski definition) is 3. The fraction of sp³-hybridized carbons (Fsp3) is 0.316. The number of carbonyl (C=O) groups is 1. The van der Waals surface area contributed by atoms with Crippen LogP contribution in [0.25, 0.3) is 0 Å². The first-order chi connectivity index (χ1) is 12.0. The molecule has 132 valence electrons. The highest BCUT2D eigenvalue weighted by molar-refractivity contribution is 5.83. The highest BCUT2D eigenvalue weighted by Crippen LogP contribution is 2.24. The van der Waals surface area contributed by atoms with Crippen LogP contribution in [0.15, 0.2) is 48.5 Å². The second kappa shape index (κ2) is 7.61. The number of amides is 1. The minimum Gasteiger partial charge on any atom is -0.487 e. The lowest BCUT2D eigenvalue weighted by molar-refractivity contribution is -0.134. The molecular weight excluding hydrogens is 326 g/mol. The largest absolute Gasteiger partial charge is 0.487 e. The van der Waals surface area contributed by atoms with Crippen LogP contribution in [0.4, 0.5) is 8.78 Å². The van der Waals surface area contributed by atoms with E-state index in [2.05, 4.69) is 0 Å². The van der Waals surface area contributed by atoms with E-state index in [0.29, 0.717) is 25.9 Å². The van der Waals surface area contributed by atoms with Gasteiger partial charge in [-0.3, -0.25) is 4.79 Å². The molecule has 0 saturated carbocycles. The lowest BCUT2D eigenvalue weighted by Gasteiger charge is -2.33. The molecule has 1 fully saturated rings. The minimum absolute atomic E-state index is 0.0344. The van der Waals surface area contributed by atoms with E-state index in [9.17, 15) is 13.6 Å². The molecule has 3 rings (SSSR count). The quantitative estimate of drug-likeness (QED) is 0.926. The molecule has 1 atom stereocenters. The summed E-state index contributed by atoms with van der Waals surface area (Å²) < 4.78 is 32.2. The molecule has 0 aromatic heterocycles. The Morgan fingerprint density at radius 3 is 2.44 bits per heavy atom. The average Bonchev–Trinajstić information content (AvgIpc) is 2.64. The van der Waals surface area contributed by atoms with Crippen molar-refractivity contribution in [1.29, 1.82) is 0 Å². The summed E-state index contributed by atoms with van der Waals surface area (Å²) in [4.78, 5) is 14.2. The van der Waals surface area contributed by atoms with Crippen molar-refractivity contribution in [2.75, 3.05) is 13.1 Å². The fourth-order valence-corrected chi connectivity index (χ4v) is 2.94. The van der Waals surface area contributed by atoms with Crippen LogP contribution in [0.1, 0.15) is 24.4 Å². The molecule has 1 aliphatic heterocycles. The molecule has 4 nitrogen and oxygen atoms in total. The smallest absolute Gasteiger partial charge is 0.244 e. The second-order valence-corrected chi connectivity index (χ2v) is 6.11. The average molecular weight is 346 g/mol. The Bertz CT molecular complexity index is 731. The van der Waals surface area contributed by atoms with Gasteiger partial charge in [-0.25, -0.2) is 8.78 Å². The van der Waals surface area contributed by atoms with Gasteiger partial charge in [0.25, 0.3) is 0 Å². The fourth-order valence-electron chi connectivity index (χ4n) is 2.94. The maximum Gasteiger partial charge on any atom is 0.244 e. The summed E-state index contributed by atoms with van der Waals surface area (Å²) in [5, 5.41) is 0. The van der Waals surface area contributed by atoms with Gasteiger partial charge in [0.15, 0.2) is 11.6 Å². The number of carbonyl (C=O) groups excluding carboxylic acids is 1. The van der Waals surface area contributed by atoms with Crippen molar-refractivity contribution in [2.45, 2.75) is 25.0 Å². The Balaban J connectivity index is 1.55. The van der Waals surface area contributed by atoms with Crippen LogP contribution in [-0.4, -0.2) is 30.0 Å². The van der Waals surface area contributed by atoms with Crippen molar-refractivity contribution in [3.8, 4) is 5.75 Å². The molecule has 1 amide bonds. The van der Waals surface area contributed by atoms with Gasteiger partial charge in [0.2, 0.25) is 5.91 Å². The zero-order chi connectivity index (χ0) is 17.8. The Kier molecular flexibility index (Phi) is 5.28. The number of benzene rings is 2. The van der Waals surface area contributed by atoms with Gasteiger partial charge in [0, 0.05) is 32.0 Å². The van der Waals surface area contributed by atoms with Crippen molar-refractivity contribution < 1.29 is 18.3 Å². The second-order valence-electron chi connectivity index (χ2n) is 6.11. The monoisotopic (exact) mass is 346 g/mol. The number of hydrogen-bond donors (Lipinski definition) is 1. The Morgan fingerprint density at radius 1 is 1.12 bits per heavy atom. The number of ether oxygens (including phenoxy) is 1. The molecule has 1 aliphatic rings. The van der Waals surface area contributed by atoms with Crippen LogP contribution in [0.3, 0.4) is 0 Å². The van der Waals surface area contributed by atoms with Crippen molar-refractivity contribution in [1.82, 2.24) is 4.90 Å². The summed E-state index contributed by atoms with van der Waals surface area (Å²) in [5.41, 5.74) is 6.83. The van der Waals surface area contributed by atoms with Gasteiger partial charge in [-0.2, -0.15) is 0 Å². The number of rotatable bonds is 4. The molecular formula is C19H20F2N2O2. The van der Waals surface area contributed by atoms with Crippen molar-refractivity contribution in [2.24, 2.45) is 5.73 Å². The van der Waals surface area contributed by atoms with Crippen LogP contribution in [0.5, 0.6) is 5.75 Å². The lowest BCUT2D eigenvalue weighted by Crippen LogP contribution is -2.45. The van der Waals surface area contributed by atoms with Gasteiger partial charge >= 0.3 is 0 Å². The summed E-state index contributed by atoms with van der Waals surface area (Å²) in [6.07, 6.45) is 0.936. The minimum atomic E-state index is -0.718.